The Kier molecular flexibility index (Phi) is 2.02. The Morgan fingerprint density at radius 1 is 0.786 bits per heavy atom. The van der Waals surface area contributed by atoms with Gasteiger partial charge in [0.1, 0.15) is 0 Å². The second-order valence-electron chi connectivity index (χ2n) is 3.73. The number of fused-ring (bicyclic) bond motifs is 2. The molecule has 1 aromatic rings. The van der Waals surface area contributed by atoms with Gasteiger partial charge in [0.25, 0.3) is 0 Å². The largest absolute Gasteiger partial charge is 0.366 e. The SMILES string of the molecule is Brc1cc2c(cc1Br)N1CCN2CC1. The first-order valence-corrected chi connectivity index (χ1v) is 6.33. The summed E-state index contributed by atoms with van der Waals surface area (Å²) in [6.45, 7) is 4.67. The average Bonchev–Trinajstić information content (AvgIpc) is 2.22. The molecule has 14 heavy (non-hydrogen) atoms. The highest BCUT2D eigenvalue weighted by Crippen LogP contribution is 2.41. The van der Waals surface area contributed by atoms with E-state index in [2.05, 4.69) is 53.8 Å². The number of hydrogen-bond donors (Lipinski definition) is 0. The summed E-state index contributed by atoms with van der Waals surface area (Å²) in [6, 6.07) is 4.43. The first-order chi connectivity index (χ1) is 6.75. The number of nitrogens with zero attached hydrogens (tertiary/aromatic N) is 2. The van der Waals surface area contributed by atoms with Crippen molar-refractivity contribution in [3.05, 3.63) is 21.1 Å². The number of piperazine rings is 1. The minimum Gasteiger partial charge on any atom is -0.366 e. The molecular weight excluding hydrogens is 308 g/mol. The fourth-order valence-electron chi connectivity index (χ4n) is 2.22. The molecule has 0 aliphatic carbocycles. The normalized spacial score (nSPS) is 18.7. The molecule has 1 saturated heterocycles. The van der Waals surface area contributed by atoms with Crippen molar-refractivity contribution >= 4 is 43.2 Å². The Balaban J connectivity index is 2.20. The zero-order valence-corrected chi connectivity index (χ0v) is 10.8. The van der Waals surface area contributed by atoms with Crippen LogP contribution in [0.15, 0.2) is 21.1 Å². The molecule has 4 heteroatoms. The van der Waals surface area contributed by atoms with Crippen LogP contribution in [-0.4, -0.2) is 26.2 Å². The predicted molar refractivity (Wildman–Crippen MR) is 66.3 cm³/mol. The number of anilines is 2. The molecule has 0 unspecified atom stereocenters. The summed E-state index contributed by atoms with van der Waals surface area (Å²) in [5.74, 6) is 0. The lowest BCUT2D eigenvalue weighted by Gasteiger charge is -2.45. The van der Waals surface area contributed by atoms with E-state index in [1.165, 1.54) is 37.6 Å². The van der Waals surface area contributed by atoms with E-state index in [0.29, 0.717) is 0 Å². The Morgan fingerprint density at radius 2 is 1.14 bits per heavy atom. The Morgan fingerprint density at radius 3 is 1.50 bits per heavy atom. The molecule has 1 fully saturated rings. The van der Waals surface area contributed by atoms with E-state index in [-0.39, 0.29) is 0 Å². The number of benzene rings is 1. The zero-order chi connectivity index (χ0) is 9.71. The number of rotatable bonds is 0. The average molecular weight is 318 g/mol. The van der Waals surface area contributed by atoms with Gasteiger partial charge in [-0.2, -0.15) is 0 Å². The molecule has 3 heterocycles. The molecule has 0 saturated carbocycles. The lowest BCUT2D eigenvalue weighted by atomic mass is 10.1. The van der Waals surface area contributed by atoms with Crippen LogP contribution in [0.4, 0.5) is 11.4 Å². The van der Waals surface area contributed by atoms with Gasteiger partial charge in [-0.1, -0.05) is 0 Å². The van der Waals surface area contributed by atoms with E-state index >= 15 is 0 Å². The molecule has 1 aromatic carbocycles. The van der Waals surface area contributed by atoms with Gasteiger partial charge in [-0.05, 0) is 44.0 Å². The molecule has 74 valence electrons. The topological polar surface area (TPSA) is 6.48 Å². The van der Waals surface area contributed by atoms with Gasteiger partial charge in [0.15, 0.2) is 0 Å². The quantitative estimate of drug-likeness (QED) is 0.726. The molecule has 3 aliphatic rings. The van der Waals surface area contributed by atoms with Crippen LogP contribution in [0.2, 0.25) is 0 Å². The maximum absolute atomic E-state index is 3.55. The molecule has 0 atom stereocenters. The second kappa shape index (κ2) is 3.14. The highest BCUT2D eigenvalue weighted by molar-refractivity contribution is 9.13. The monoisotopic (exact) mass is 316 g/mol. The molecule has 2 bridgehead atoms. The van der Waals surface area contributed by atoms with E-state index in [9.17, 15) is 0 Å². The smallest absolute Gasteiger partial charge is 0.0617 e. The van der Waals surface area contributed by atoms with E-state index in [4.69, 9.17) is 0 Å². The minimum atomic E-state index is 1.14. The highest BCUT2D eigenvalue weighted by atomic mass is 79.9. The van der Waals surface area contributed by atoms with Crippen LogP contribution < -0.4 is 9.80 Å². The van der Waals surface area contributed by atoms with Crippen molar-refractivity contribution in [1.29, 1.82) is 0 Å². The molecule has 0 amide bonds. The third kappa shape index (κ3) is 1.20. The van der Waals surface area contributed by atoms with Crippen molar-refractivity contribution in [2.75, 3.05) is 36.0 Å². The standard InChI is InChI=1S/C10H10Br2N2/c11-7-5-9-10(6-8(7)12)14-2-1-13(9)3-4-14/h5-6H,1-4H2. The molecule has 0 spiro atoms. The van der Waals surface area contributed by atoms with Crippen LogP contribution in [0.3, 0.4) is 0 Å². The van der Waals surface area contributed by atoms with Crippen LogP contribution in [0.1, 0.15) is 0 Å². The summed E-state index contributed by atoms with van der Waals surface area (Å²) < 4.78 is 2.29. The molecule has 3 aliphatic heterocycles. The van der Waals surface area contributed by atoms with E-state index in [0.717, 1.165) is 8.95 Å². The van der Waals surface area contributed by atoms with Gasteiger partial charge >= 0.3 is 0 Å². The summed E-state index contributed by atoms with van der Waals surface area (Å²) >= 11 is 7.11. The van der Waals surface area contributed by atoms with Crippen molar-refractivity contribution in [2.45, 2.75) is 0 Å². The zero-order valence-electron chi connectivity index (χ0n) is 7.63. The Labute approximate surface area is 100 Å². The number of hydrogen-bond acceptors (Lipinski definition) is 2. The van der Waals surface area contributed by atoms with Gasteiger partial charge in [-0.15, -0.1) is 0 Å². The molecule has 0 aromatic heterocycles. The molecule has 4 rings (SSSR count). The van der Waals surface area contributed by atoms with E-state index in [1.54, 1.807) is 0 Å². The van der Waals surface area contributed by atoms with Crippen molar-refractivity contribution in [3.8, 4) is 0 Å². The van der Waals surface area contributed by atoms with Gasteiger partial charge < -0.3 is 9.80 Å². The van der Waals surface area contributed by atoms with Crippen LogP contribution in [-0.2, 0) is 0 Å². The van der Waals surface area contributed by atoms with Crippen LogP contribution >= 0.6 is 31.9 Å². The first-order valence-electron chi connectivity index (χ1n) is 4.74. The van der Waals surface area contributed by atoms with E-state index in [1.807, 2.05) is 0 Å². The summed E-state index contributed by atoms with van der Waals surface area (Å²) in [5.41, 5.74) is 2.75. The lowest BCUT2D eigenvalue weighted by molar-refractivity contribution is 0.624. The van der Waals surface area contributed by atoms with Gasteiger partial charge in [-0.25, -0.2) is 0 Å². The summed E-state index contributed by atoms with van der Waals surface area (Å²) in [7, 11) is 0. The van der Waals surface area contributed by atoms with Gasteiger partial charge in [0.2, 0.25) is 0 Å². The lowest BCUT2D eigenvalue weighted by Crippen LogP contribution is -2.51. The van der Waals surface area contributed by atoms with E-state index < -0.39 is 0 Å². The molecule has 0 radical (unpaired) electrons. The van der Waals surface area contributed by atoms with Gasteiger partial charge in [-0.3, -0.25) is 0 Å². The fraction of sp³-hybridized carbons (Fsp3) is 0.400. The predicted octanol–water partition coefficient (Wildman–Crippen LogP) is 2.85. The molecule has 2 nitrogen and oxygen atoms in total. The fourth-order valence-corrected chi connectivity index (χ4v) is 2.88. The minimum absolute atomic E-state index is 1.14. The Bertz CT molecular complexity index is 347. The van der Waals surface area contributed by atoms with Crippen molar-refractivity contribution < 1.29 is 0 Å². The highest BCUT2D eigenvalue weighted by Gasteiger charge is 2.28. The number of halogens is 2. The van der Waals surface area contributed by atoms with Crippen LogP contribution in [0, 0.1) is 0 Å². The van der Waals surface area contributed by atoms with Crippen molar-refractivity contribution in [1.82, 2.24) is 0 Å². The van der Waals surface area contributed by atoms with Crippen molar-refractivity contribution in [3.63, 3.8) is 0 Å². The third-order valence-electron chi connectivity index (χ3n) is 2.98. The maximum atomic E-state index is 3.55. The van der Waals surface area contributed by atoms with Crippen LogP contribution in [0.25, 0.3) is 0 Å². The molecular formula is C10H10Br2N2. The molecule has 0 N–H and O–H groups in total. The van der Waals surface area contributed by atoms with Crippen molar-refractivity contribution in [2.24, 2.45) is 0 Å². The summed E-state index contributed by atoms with van der Waals surface area (Å²) in [4.78, 5) is 4.93. The van der Waals surface area contributed by atoms with Gasteiger partial charge in [0, 0.05) is 35.1 Å². The summed E-state index contributed by atoms with van der Waals surface area (Å²) in [6.07, 6.45) is 0. The first kappa shape index (κ1) is 9.04. The summed E-state index contributed by atoms with van der Waals surface area (Å²) in [5, 5.41) is 0. The maximum Gasteiger partial charge on any atom is 0.0617 e. The second-order valence-corrected chi connectivity index (χ2v) is 5.44. The van der Waals surface area contributed by atoms with Crippen LogP contribution in [0.5, 0.6) is 0 Å². The van der Waals surface area contributed by atoms with Gasteiger partial charge in [0.05, 0.1) is 11.4 Å². The Hall–Kier alpha value is -0.220. The third-order valence-corrected chi connectivity index (χ3v) is 4.82.